The lowest BCUT2D eigenvalue weighted by molar-refractivity contribution is 0.111. The van der Waals surface area contributed by atoms with Gasteiger partial charge in [0.05, 0.1) is 5.56 Å². The number of hydrogen-bond donors (Lipinski definition) is 1. The van der Waals surface area contributed by atoms with Crippen LogP contribution in [0.4, 0.5) is 4.39 Å². The second-order valence-corrected chi connectivity index (χ2v) is 3.21. The largest absolute Gasteiger partial charge is 0.507 e. The van der Waals surface area contributed by atoms with Crippen LogP contribution in [0.25, 0.3) is 0 Å². The van der Waals surface area contributed by atoms with Crippen LogP contribution in [0.5, 0.6) is 5.75 Å². The first kappa shape index (κ1) is 9.71. The number of aromatic hydroxyl groups is 1. The van der Waals surface area contributed by atoms with Gasteiger partial charge in [0.25, 0.3) is 0 Å². The van der Waals surface area contributed by atoms with Gasteiger partial charge in [-0.2, -0.15) is 0 Å². The predicted octanol–water partition coefficient (Wildman–Crippen LogP) is 2.47. The topological polar surface area (TPSA) is 37.3 Å². The van der Waals surface area contributed by atoms with Crippen molar-refractivity contribution in [3.05, 3.63) is 29.1 Å². The van der Waals surface area contributed by atoms with E-state index in [1.165, 1.54) is 12.1 Å². The maximum atomic E-state index is 13.1. The molecule has 0 bridgehead atoms. The molecule has 0 aliphatic rings. The summed E-state index contributed by atoms with van der Waals surface area (Å²) in [6, 6.07) is 2.69. The van der Waals surface area contributed by atoms with Gasteiger partial charge in [-0.1, -0.05) is 13.8 Å². The second kappa shape index (κ2) is 3.56. The van der Waals surface area contributed by atoms with Crippen LogP contribution in [-0.4, -0.2) is 11.4 Å². The minimum Gasteiger partial charge on any atom is -0.507 e. The lowest BCUT2D eigenvalue weighted by Crippen LogP contribution is -1.94. The Labute approximate surface area is 76.0 Å². The van der Waals surface area contributed by atoms with Gasteiger partial charge in [-0.25, -0.2) is 4.39 Å². The number of hydrogen-bond acceptors (Lipinski definition) is 2. The van der Waals surface area contributed by atoms with Gasteiger partial charge in [0.1, 0.15) is 11.6 Å². The summed E-state index contributed by atoms with van der Waals surface area (Å²) >= 11 is 0. The van der Waals surface area contributed by atoms with Crippen LogP contribution < -0.4 is 0 Å². The highest BCUT2D eigenvalue weighted by atomic mass is 19.1. The van der Waals surface area contributed by atoms with Crippen LogP contribution in [0.1, 0.15) is 35.7 Å². The van der Waals surface area contributed by atoms with Gasteiger partial charge in [-0.05, 0) is 23.6 Å². The number of rotatable bonds is 2. The van der Waals surface area contributed by atoms with Crippen molar-refractivity contribution < 1.29 is 14.3 Å². The van der Waals surface area contributed by atoms with Crippen LogP contribution in [0.2, 0.25) is 0 Å². The Morgan fingerprint density at radius 3 is 2.46 bits per heavy atom. The quantitative estimate of drug-likeness (QED) is 0.713. The van der Waals surface area contributed by atoms with Gasteiger partial charge in [0.15, 0.2) is 6.29 Å². The van der Waals surface area contributed by atoms with Gasteiger partial charge in [0, 0.05) is 0 Å². The van der Waals surface area contributed by atoms with Crippen LogP contribution in [0.3, 0.4) is 0 Å². The smallest absolute Gasteiger partial charge is 0.156 e. The minimum absolute atomic E-state index is 0.126. The third kappa shape index (κ3) is 1.86. The lowest BCUT2D eigenvalue weighted by Gasteiger charge is -2.07. The molecule has 0 radical (unpaired) electrons. The summed E-state index contributed by atoms with van der Waals surface area (Å²) in [7, 11) is 0. The van der Waals surface area contributed by atoms with E-state index in [1.807, 2.05) is 13.8 Å². The number of halogens is 1. The summed E-state index contributed by atoms with van der Waals surface area (Å²) in [5.41, 5.74) is 0.407. The molecule has 1 rings (SSSR count). The van der Waals surface area contributed by atoms with Crippen molar-refractivity contribution >= 4 is 6.29 Å². The molecule has 0 aromatic heterocycles. The average molecular weight is 182 g/mol. The number of phenolic OH excluding ortho intramolecular Hbond substituents is 1. The molecule has 0 saturated heterocycles. The first-order chi connectivity index (χ1) is 6.06. The standard InChI is InChI=1S/C10H11FO2/c1-6(2)7-3-9(11)8(5-12)10(13)4-7/h3-6,13H,1-2H3. The molecule has 0 aliphatic heterocycles. The zero-order valence-corrected chi connectivity index (χ0v) is 7.54. The van der Waals surface area contributed by atoms with Crippen molar-refractivity contribution in [2.75, 3.05) is 0 Å². The van der Waals surface area contributed by atoms with E-state index in [-0.39, 0.29) is 17.2 Å². The Morgan fingerprint density at radius 1 is 1.46 bits per heavy atom. The van der Waals surface area contributed by atoms with Crippen molar-refractivity contribution in [3.8, 4) is 5.75 Å². The summed E-state index contributed by atoms with van der Waals surface area (Å²) in [5, 5.41) is 9.25. The number of carbonyl (C=O) groups is 1. The first-order valence-electron chi connectivity index (χ1n) is 4.04. The molecule has 70 valence electrons. The molecule has 0 saturated carbocycles. The van der Waals surface area contributed by atoms with E-state index in [2.05, 4.69) is 0 Å². The Kier molecular flexibility index (Phi) is 2.66. The SMILES string of the molecule is CC(C)c1cc(O)c(C=O)c(F)c1. The predicted molar refractivity (Wildman–Crippen MR) is 47.5 cm³/mol. The Balaban J connectivity index is 3.28. The highest BCUT2D eigenvalue weighted by Gasteiger charge is 2.10. The van der Waals surface area contributed by atoms with E-state index in [0.29, 0.717) is 11.8 Å². The van der Waals surface area contributed by atoms with Gasteiger partial charge in [-0.15, -0.1) is 0 Å². The molecule has 0 atom stereocenters. The monoisotopic (exact) mass is 182 g/mol. The molecule has 1 aromatic rings. The molecule has 13 heavy (non-hydrogen) atoms. The molecule has 0 heterocycles. The molecular weight excluding hydrogens is 171 g/mol. The first-order valence-corrected chi connectivity index (χ1v) is 4.04. The molecule has 3 heteroatoms. The maximum absolute atomic E-state index is 13.1. The van der Waals surface area contributed by atoms with Crippen molar-refractivity contribution in [3.63, 3.8) is 0 Å². The van der Waals surface area contributed by atoms with Crippen LogP contribution in [0.15, 0.2) is 12.1 Å². The summed E-state index contributed by atoms with van der Waals surface area (Å²) in [6.07, 6.45) is 0.314. The second-order valence-electron chi connectivity index (χ2n) is 3.21. The molecule has 1 N–H and O–H groups in total. The molecule has 1 aromatic carbocycles. The Morgan fingerprint density at radius 2 is 2.08 bits per heavy atom. The normalized spacial score (nSPS) is 10.5. The van der Waals surface area contributed by atoms with Crippen molar-refractivity contribution in [1.29, 1.82) is 0 Å². The molecule has 0 spiro atoms. The molecular formula is C10H11FO2. The Bertz CT molecular complexity index is 309. The summed E-state index contributed by atoms with van der Waals surface area (Å²) in [6.45, 7) is 3.77. The van der Waals surface area contributed by atoms with E-state index >= 15 is 0 Å². The summed E-state index contributed by atoms with van der Waals surface area (Å²) in [5.74, 6) is -0.835. The highest BCUT2D eigenvalue weighted by Crippen LogP contribution is 2.25. The molecule has 0 unspecified atom stereocenters. The van der Waals surface area contributed by atoms with Gasteiger partial charge in [0.2, 0.25) is 0 Å². The molecule has 0 aliphatic carbocycles. The molecule has 2 nitrogen and oxygen atoms in total. The van der Waals surface area contributed by atoms with E-state index in [9.17, 15) is 14.3 Å². The maximum Gasteiger partial charge on any atom is 0.156 e. The zero-order valence-electron chi connectivity index (χ0n) is 7.54. The van der Waals surface area contributed by atoms with E-state index in [0.717, 1.165) is 0 Å². The van der Waals surface area contributed by atoms with Gasteiger partial charge < -0.3 is 5.11 Å². The number of benzene rings is 1. The van der Waals surface area contributed by atoms with Crippen LogP contribution in [0, 0.1) is 5.82 Å². The number of carbonyl (C=O) groups excluding carboxylic acids is 1. The van der Waals surface area contributed by atoms with E-state index in [1.54, 1.807) is 0 Å². The van der Waals surface area contributed by atoms with E-state index < -0.39 is 5.82 Å². The third-order valence-corrected chi connectivity index (χ3v) is 1.91. The zero-order chi connectivity index (χ0) is 10.0. The van der Waals surface area contributed by atoms with Crippen molar-refractivity contribution in [1.82, 2.24) is 0 Å². The van der Waals surface area contributed by atoms with Crippen molar-refractivity contribution in [2.24, 2.45) is 0 Å². The molecule has 0 amide bonds. The van der Waals surface area contributed by atoms with Gasteiger partial charge >= 0.3 is 0 Å². The minimum atomic E-state index is -0.668. The van der Waals surface area contributed by atoms with E-state index in [4.69, 9.17) is 0 Å². The fourth-order valence-electron chi connectivity index (χ4n) is 1.07. The third-order valence-electron chi connectivity index (χ3n) is 1.91. The van der Waals surface area contributed by atoms with Crippen LogP contribution >= 0.6 is 0 Å². The van der Waals surface area contributed by atoms with Gasteiger partial charge in [-0.3, -0.25) is 4.79 Å². The number of aldehydes is 1. The number of phenols is 1. The van der Waals surface area contributed by atoms with Crippen LogP contribution in [-0.2, 0) is 0 Å². The lowest BCUT2D eigenvalue weighted by atomic mass is 10.0. The molecule has 0 fully saturated rings. The Hall–Kier alpha value is -1.38. The summed E-state index contributed by atoms with van der Waals surface area (Å²) in [4.78, 5) is 10.3. The fraction of sp³-hybridized carbons (Fsp3) is 0.300. The highest BCUT2D eigenvalue weighted by molar-refractivity contribution is 5.79. The average Bonchev–Trinajstić information content (AvgIpc) is 2.03. The summed E-state index contributed by atoms with van der Waals surface area (Å²) < 4.78 is 13.1. The fourth-order valence-corrected chi connectivity index (χ4v) is 1.07. The van der Waals surface area contributed by atoms with Crippen molar-refractivity contribution in [2.45, 2.75) is 19.8 Å².